The minimum Gasteiger partial charge on any atom is -0.358 e. The highest BCUT2D eigenvalue weighted by atomic mass is 16.2. The molecule has 0 aromatic rings. The van der Waals surface area contributed by atoms with Crippen LogP contribution in [0, 0.1) is 5.92 Å². The van der Waals surface area contributed by atoms with Crippen LogP contribution in [0.15, 0.2) is 0 Å². The van der Waals surface area contributed by atoms with E-state index in [1.807, 2.05) is 6.92 Å². The van der Waals surface area contributed by atoms with E-state index in [4.69, 9.17) is 0 Å². The van der Waals surface area contributed by atoms with Crippen molar-refractivity contribution >= 4 is 5.91 Å². The van der Waals surface area contributed by atoms with E-state index in [1.54, 1.807) is 7.05 Å². The van der Waals surface area contributed by atoms with Gasteiger partial charge in [0, 0.05) is 19.6 Å². The topological polar surface area (TPSA) is 44.4 Å². The SMILES string of the molecule is CNC(=O)C(C)N(CC1CCCNC1)C1CC1. The number of likely N-dealkylation sites (N-methyl/N-ethyl adjacent to an activating group) is 1. The lowest BCUT2D eigenvalue weighted by molar-refractivity contribution is -0.125. The summed E-state index contributed by atoms with van der Waals surface area (Å²) < 4.78 is 0. The maximum atomic E-state index is 11.8. The lowest BCUT2D eigenvalue weighted by Gasteiger charge is -2.33. The summed E-state index contributed by atoms with van der Waals surface area (Å²) in [4.78, 5) is 14.2. The molecule has 0 radical (unpaired) electrons. The number of rotatable bonds is 5. The highest BCUT2D eigenvalue weighted by Gasteiger charge is 2.36. The Hall–Kier alpha value is -0.610. The Morgan fingerprint density at radius 1 is 1.47 bits per heavy atom. The third-order valence-corrected chi connectivity index (χ3v) is 4.01. The number of hydrogen-bond donors (Lipinski definition) is 2. The first-order valence-corrected chi connectivity index (χ1v) is 6.90. The van der Waals surface area contributed by atoms with E-state index < -0.39 is 0 Å². The molecule has 2 aliphatic rings. The molecule has 4 nitrogen and oxygen atoms in total. The molecule has 2 fully saturated rings. The smallest absolute Gasteiger partial charge is 0.236 e. The average molecular weight is 239 g/mol. The number of amides is 1. The predicted molar refractivity (Wildman–Crippen MR) is 68.9 cm³/mol. The van der Waals surface area contributed by atoms with Crippen LogP contribution in [-0.4, -0.2) is 49.6 Å². The van der Waals surface area contributed by atoms with Crippen molar-refractivity contribution in [1.82, 2.24) is 15.5 Å². The van der Waals surface area contributed by atoms with Crippen molar-refractivity contribution in [3.8, 4) is 0 Å². The molecule has 1 heterocycles. The van der Waals surface area contributed by atoms with Gasteiger partial charge < -0.3 is 10.6 Å². The first-order valence-electron chi connectivity index (χ1n) is 6.90. The molecule has 98 valence electrons. The first-order chi connectivity index (χ1) is 8.22. The monoisotopic (exact) mass is 239 g/mol. The second-order valence-electron chi connectivity index (χ2n) is 5.43. The molecule has 0 aromatic heterocycles. The number of nitrogens with zero attached hydrogens (tertiary/aromatic N) is 1. The minimum atomic E-state index is 0.0226. The summed E-state index contributed by atoms with van der Waals surface area (Å²) in [5, 5.41) is 6.22. The van der Waals surface area contributed by atoms with Gasteiger partial charge in [-0.25, -0.2) is 0 Å². The van der Waals surface area contributed by atoms with Crippen LogP contribution >= 0.6 is 0 Å². The third-order valence-electron chi connectivity index (χ3n) is 4.01. The second-order valence-corrected chi connectivity index (χ2v) is 5.43. The first kappa shape index (κ1) is 12.8. The molecule has 2 N–H and O–H groups in total. The Balaban J connectivity index is 1.89. The van der Waals surface area contributed by atoms with Crippen LogP contribution in [-0.2, 0) is 4.79 Å². The lowest BCUT2D eigenvalue weighted by Crippen LogP contribution is -2.48. The zero-order chi connectivity index (χ0) is 12.3. The van der Waals surface area contributed by atoms with Crippen molar-refractivity contribution in [2.75, 3.05) is 26.7 Å². The Morgan fingerprint density at radius 2 is 2.24 bits per heavy atom. The average Bonchev–Trinajstić information content (AvgIpc) is 3.19. The maximum absolute atomic E-state index is 11.8. The van der Waals surface area contributed by atoms with Gasteiger partial charge in [0.1, 0.15) is 0 Å². The summed E-state index contributed by atoms with van der Waals surface area (Å²) in [7, 11) is 1.73. The van der Waals surface area contributed by atoms with Crippen LogP contribution in [0.2, 0.25) is 0 Å². The highest BCUT2D eigenvalue weighted by molar-refractivity contribution is 5.81. The van der Waals surface area contributed by atoms with E-state index in [0.29, 0.717) is 6.04 Å². The highest BCUT2D eigenvalue weighted by Crippen LogP contribution is 2.30. The van der Waals surface area contributed by atoms with Gasteiger partial charge in [-0.1, -0.05) is 0 Å². The molecule has 0 bridgehead atoms. The van der Waals surface area contributed by atoms with Crippen molar-refractivity contribution in [2.24, 2.45) is 5.92 Å². The van der Waals surface area contributed by atoms with Crippen molar-refractivity contribution in [3.63, 3.8) is 0 Å². The van der Waals surface area contributed by atoms with Crippen molar-refractivity contribution in [2.45, 2.75) is 44.7 Å². The minimum absolute atomic E-state index is 0.0226. The van der Waals surface area contributed by atoms with Gasteiger partial charge in [-0.3, -0.25) is 9.69 Å². The fourth-order valence-electron chi connectivity index (χ4n) is 2.77. The van der Waals surface area contributed by atoms with Gasteiger partial charge in [-0.05, 0) is 51.6 Å². The van der Waals surface area contributed by atoms with Gasteiger partial charge in [-0.15, -0.1) is 0 Å². The van der Waals surface area contributed by atoms with Crippen molar-refractivity contribution in [3.05, 3.63) is 0 Å². The Kier molecular flexibility index (Phi) is 4.40. The molecule has 1 saturated heterocycles. The number of carbonyl (C=O) groups is 1. The third kappa shape index (κ3) is 3.42. The zero-order valence-corrected chi connectivity index (χ0v) is 11.0. The van der Waals surface area contributed by atoms with Crippen LogP contribution < -0.4 is 10.6 Å². The van der Waals surface area contributed by atoms with Crippen LogP contribution in [0.4, 0.5) is 0 Å². The van der Waals surface area contributed by atoms with Crippen LogP contribution in [0.3, 0.4) is 0 Å². The molecule has 2 atom stereocenters. The summed E-state index contributed by atoms with van der Waals surface area (Å²) in [6.07, 6.45) is 5.11. The van der Waals surface area contributed by atoms with E-state index in [9.17, 15) is 4.79 Å². The van der Waals surface area contributed by atoms with Crippen LogP contribution in [0.1, 0.15) is 32.6 Å². The van der Waals surface area contributed by atoms with Gasteiger partial charge in [0.2, 0.25) is 5.91 Å². The van der Waals surface area contributed by atoms with E-state index in [2.05, 4.69) is 15.5 Å². The van der Waals surface area contributed by atoms with Gasteiger partial charge in [0.15, 0.2) is 0 Å². The number of carbonyl (C=O) groups excluding carboxylic acids is 1. The van der Waals surface area contributed by atoms with E-state index >= 15 is 0 Å². The largest absolute Gasteiger partial charge is 0.358 e. The number of nitrogens with one attached hydrogen (secondary N) is 2. The van der Waals surface area contributed by atoms with Gasteiger partial charge in [0.25, 0.3) is 0 Å². The predicted octanol–water partition coefficient (Wildman–Crippen LogP) is 0.585. The quantitative estimate of drug-likeness (QED) is 0.738. The summed E-state index contributed by atoms with van der Waals surface area (Å²) in [6.45, 7) is 5.38. The van der Waals surface area contributed by atoms with E-state index in [-0.39, 0.29) is 11.9 Å². The van der Waals surface area contributed by atoms with Crippen LogP contribution in [0.5, 0.6) is 0 Å². The van der Waals surface area contributed by atoms with E-state index in [1.165, 1.54) is 25.7 Å². The Labute approximate surface area is 104 Å². The summed E-state index contributed by atoms with van der Waals surface area (Å²) >= 11 is 0. The molecular formula is C13H25N3O. The lowest BCUT2D eigenvalue weighted by atomic mass is 9.98. The fraction of sp³-hybridized carbons (Fsp3) is 0.923. The number of hydrogen-bond acceptors (Lipinski definition) is 3. The summed E-state index contributed by atoms with van der Waals surface area (Å²) in [5.74, 6) is 0.872. The molecule has 1 aliphatic heterocycles. The van der Waals surface area contributed by atoms with E-state index in [0.717, 1.165) is 25.6 Å². The van der Waals surface area contributed by atoms with Crippen molar-refractivity contribution < 1.29 is 4.79 Å². The standard InChI is InChI=1S/C13H25N3O/c1-10(13(17)14-2)16(12-5-6-12)9-11-4-3-7-15-8-11/h10-12,15H,3-9H2,1-2H3,(H,14,17). The van der Waals surface area contributed by atoms with Gasteiger partial charge in [-0.2, -0.15) is 0 Å². The maximum Gasteiger partial charge on any atom is 0.236 e. The summed E-state index contributed by atoms with van der Waals surface area (Å²) in [5.41, 5.74) is 0. The second kappa shape index (κ2) is 5.83. The molecule has 1 saturated carbocycles. The number of piperidine rings is 1. The summed E-state index contributed by atoms with van der Waals surface area (Å²) in [6, 6.07) is 0.679. The molecule has 2 rings (SSSR count). The molecule has 1 amide bonds. The normalized spacial score (nSPS) is 26.9. The molecular weight excluding hydrogens is 214 g/mol. The van der Waals surface area contributed by atoms with Crippen LogP contribution in [0.25, 0.3) is 0 Å². The molecule has 0 spiro atoms. The molecule has 17 heavy (non-hydrogen) atoms. The Morgan fingerprint density at radius 3 is 2.76 bits per heavy atom. The van der Waals surface area contributed by atoms with Crippen molar-refractivity contribution in [1.29, 1.82) is 0 Å². The van der Waals surface area contributed by atoms with Gasteiger partial charge in [0.05, 0.1) is 6.04 Å². The van der Waals surface area contributed by atoms with Gasteiger partial charge >= 0.3 is 0 Å². The Bertz CT molecular complexity index is 259. The molecule has 0 aromatic carbocycles. The zero-order valence-electron chi connectivity index (χ0n) is 11.0. The molecule has 2 unspecified atom stereocenters. The molecule has 4 heteroatoms. The molecule has 1 aliphatic carbocycles. The fourth-order valence-corrected chi connectivity index (χ4v) is 2.77.